The summed E-state index contributed by atoms with van der Waals surface area (Å²) in [5.41, 5.74) is 20.1. The zero-order chi connectivity index (χ0) is 84.6. The molecule has 1 aliphatic rings. The van der Waals surface area contributed by atoms with E-state index >= 15 is 0 Å². The summed E-state index contributed by atoms with van der Waals surface area (Å²) in [6.45, 7) is 14.8. The number of likely N-dealkylation sites (N-methyl/N-ethyl adjacent to an activating group) is 1. The van der Waals surface area contributed by atoms with Crippen LogP contribution >= 0.6 is 0 Å². The number of imidazole rings is 4. The summed E-state index contributed by atoms with van der Waals surface area (Å²) in [7, 11) is 7.93. The molecule has 1 saturated heterocycles. The van der Waals surface area contributed by atoms with Crippen molar-refractivity contribution in [3.8, 4) is 89.5 Å². The van der Waals surface area contributed by atoms with Crippen molar-refractivity contribution in [1.29, 1.82) is 0 Å². The molecule has 13 heterocycles. The second-order valence-electron chi connectivity index (χ2n) is 30.0. The van der Waals surface area contributed by atoms with Gasteiger partial charge in [0.1, 0.15) is 23.3 Å². The van der Waals surface area contributed by atoms with Crippen LogP contribution in [0.25, 0.3) is 112 Å². The van der Waals surface area contributed by atoms with Crippen molar-refractivity contribution in [3.05, 3.63) is 314 Å². The first-order valence-electron chi connectivity index (χ1n) is 39.8. The van der Waals surface area contributed by atoms with Crippen LogP contribution in [0.5, 0.6) is 0 Å². The highest BCUT2D eigenvalue weighted by Crippen LogP contribution is 2.37. The van der Waals surface area contributed by atoms with E-state index in [9.17, 15) is 31.9 Å². The molecule has 0 radical (unpaired) electrons. The fourth-order valence-electron chi connectivity index (χ4n) is 14.3. The van der Waals surface area contributed by atoms with E-state index in [0.717, 1.165) is 170 Å². The largest absolute Gasteiger partial charge is 0.379 e. The van der Waals surface area contributed by atoms with E-state index in [1.54, 1.807) is 133 Å². The van der Waals surface area contributed by atoms with Crippen molar-refractivity contribution in [2.75, 3.05) is 93.8 Å². The Bertz CT molecular complexity index is 6390. The fourth-order valence-corrected chi connectivity index (χ4v) is 14.3. The van der Waals surface area contributed by atoms with E-state index in [-0.39, 0.29) is 41.0 Å². The molecule has 3 N–H and O–H groups in total. The van der Waals surface area contributed by atoms with Gasteiger partial charge in [0.25, 0.3) is 17.7 Å². The number of nitrogens with zero attached hydrogens (tertiary/aromatic N) is 15. The lowest BCUT2D eigenvalue weighted by molar-refractivity contribution is 0.0374. The third kappa shape index (κ3) is 20.2. The Morgan fingerprint density at radius 1 is 0.388 bits per heavy atom. The second-order valence-corrected chi connectivity index (χ2v) is 30.0. The predicted molar refractivity (Wildman–Crippen MR) is 465 cm³/mol. The highest BCUT2D eigenvalue weighted by atomic mass is 19.1. The van der Waals surface area contributed by atoms with E-state index in [0.29, 0.717) is 59.4 Å². The highest BCUT2D eigenvalue weighted by molar-refractivity contribution is 5.94. The SMILES string of the molecule is Cc1cc(-c2ncccc2-c2ccc3cncn3c2)ccc1F.Cc1cc(-c2ncccc2-c2ccn3c(C(=O)NCCCN(C)C)ncc3c2)ccc1F.Cc1cc(-c2ncccc2-c2ccn3c(C(=O)NCCCN4CCOCC4)ncc3c2)ccc1F.Cc1cc(-c2ncccc2-c2ccn3c(C(=O)NCCN(C)C)ncc3c2)ccc1F. The first-order chi connectivity index (χ1) is 58.7. The maximum atomic E-state index is 13.8. The van der Waals surface area contributed by atoms with E-state index < -0.39 is 0 Å². The average Bonchev–Trinajstić information content (AvgIpc) is 1.76. The smallest absolute Gasteiger partial charge is 0.287 e. The number of ether oxygens (including phenoxy) is 1. The van der Waals surface area contributed by atoms with Gasteiger partial charge >= 0.3 is 0 Å². The molecule has 614 valence electrons. The Labute approximate surface area is 698 Å². The van der Waals surface area contributed by atoms with Crippen molar-refractivity contribution >= 4 is 39.8 Å². The zero-order valence-corrected chi connectivity index (χ0v) is 68.5. The third-order valence-electron chi connectivity index (χ3n) is 20.8. The summed E-state index contributed by atoms with van der Waals surface area (Å²) in [5.74, 6) is -0.443. The standard InChI is InChI=1S/C27H28FN5O2.C25H26FN5O.C24H24FN5O.C19H14FN3/c1-19-16-21(5-6-24(19)28)25-23(4-2-8-29-25)20-7-11-33-22(17-20)18-31-26(33)27(34)30-9-3-10-32-12-14-35-15-13-32;1-17-14-19(7-8-22(17)26)23-21(6-4-10-27-23)18-9-13-31-20(15-18)16-29-24(31)25(32)28-11-5-12-30(2)3;1-16-13-18(6-7-21(16)25)22-20(5-4-9-26-22)17-8-11-30-19(14-17)15-28-23(30)24(31)27-10-12-29(2)3;1-13-9-14(5-7-18(13)20)19-17(3-2-8-22-19)15-4-6-16-10-21-12-23(16)11-15/h2,4-8,11,16-18H,3,9-10,12-15H2,1H3,(H,30,34);4,6-10,13-16H,5,11-12H2,1-3H3,(H,28,32);4-9,11,13-15H,10,12H2,1-3H3,(H,27,31);2-12H,1H3. The van der Waals surface area contributed by atoms with Crippen molar-refractivity contribution in [1.82, 2.24) is 88.1 Å². The molecule has 12 aromatic heterocycles. The minimum atomic E-state index is -0.238. The summed E-state index contributed by atoms with van der Waals surface area (Å²) >= 11 is 0. The number of halogens is 4. The van der Waals surface area contributed by atoms with Crippen molar-refractivity contribution in [2.24, 2.45) is 0 Å². The van der Waals surface area contributed by atoms with Gasteiger partial charge in [-0.15, -0.1) is 0 Å². The van der Waals surface area contributed by atoms with Crippen LogP contribution < -0.4 is 16.0 Å². The quantitative estimate of drug-likeness (QED) is 0.0423. The normalized spacial score (nSPS) is 12.1. The summed E-state index contributed by atoms with van der Waals surface area (Å²) < 4.78 is 67.5. The van der Waals surface area contributed by atoms with E-state index in [4.69, 9.17) is 4.74 Å². The van der Waals surface area contributed by atoms with Crippen LogP contribution in [0.3, 0.4) is 0 Å². The highest BCUT2D eigenvalue weighted by Gasteiger charge is 2.22. The van der Waals surface area contributed by atoms with E-state index in [1.807, 2.05) is 172 Å². The molecule has 1 aliphatic heterocycles. The van der Waals surface area contributed by atoms with Crippen molar-refractivity contribution in [2.45, 2.75) is 40.5 Å². The van der Waals surface area contributed by atoms with Gasteiger partial charge in [0.05, 0.1) is 89.2 Å². The maximum absolute atomic E-state index is 13.8. The summed E-state index contributed by atoms with van der Waals surface area (Å²) in [5, 5.41) is 8.80. The topological polar surface area (TPSA) is 227 Å². The Hall–Kier alpha value is -13.8. The van der Waals surface area contributed by atoms with Crippen LogP contribution in [0.2, 0.25) is 0 Å². The monoisotopic (exact) mass is 1620 g/mol. The molecular formula is C95H92F4N18O4. The van der Waals surface area contributed by atoms with Gasteiger partial charge in [0.2, 0.25) is 17.5 Å². The number of morpholine rings is 1. The first-order valence-corrected chi connectivity index (χ1v) is 39.8. The lowest BCUT2D eigenvalue weighted by atomic mass is 9.99. The number of fused-ring (bicyclic) bond motifs is 4. The molecule has 26 heteroatoms. The number of aryl methyl sites for hydroxylation is 4. The molecule has 22 nitrogen and oxygen atoms in total. The molecule has 1 fully saturated rings. The number of aromatic nitrogens is 12. The van der Waals surface area contributed by atoms with Gasteiger partial charge in [-0.05, 0) is 260 Å². The number of hydrogen-bond donors (Lipinski definition) is 3. The number of benzene rings is 4. The molecule has 17 rings (SSSR count). The molecule has 121 heavy (non-hydrogen) atoms. The second kappa shape index (κ2) is 38.7. The molecule has 16 aromatic rings. The minimum absolute atomic E-state index is 0.191. The number of rotatable bonds is 22. The Balaban J connectivity index is 0.000000133. The lowest BCUT2D eigenvalue weighted by Crippen LogP contribution is -2.38. The summed E-state index contributed by atoms with van der Waals surface area (Å²) in [6, 6.07) is 51.5. The minimum Gasteiger partial charge on any atom is -0.379 e. The predicted octanol–water partition coefficient (Wildman–Crippen LogP) is 16.5. The van der Waals surface area contributed by atoms with E-state index in [2.05, 4.69) is 65.6 Å². The number of carbonyl (C=O) groups excluding carboxylic acids is 3. The zero-order valence-electron chi connectivity index (χ0n) is 68.5. The molecule has 3 amide bonds. The number of carbonyl (C=O) groups is 3. The van der Waals surface area contributed by atoms with Crippen LogP contribution in [0.1, 0.15) is 67.0 Å². The van der Waals surface area contributed by atoms with Crippen molar-refractivity contribution in [3.63, 3.8) is 0 Å². The van der Waals surface area contributed by atoms with Gasteiger partial charge in [-0.25, -0.2) is 37.5 Å². The third-order valence-corrected chi connectivity index (χ3v) is 20.8. The average molecular weight is 1630 g/mol. The summed E-state index contributed by atoms with van der Waals surface area (Å²) in [6.07, 6.45) is 24.9. The molecular weight excluding hydrogens is 1530 g/mol. The first kappa shape index (κ1) is 83.7. The summed E-state index contributed by atoms with van der Waals surface area (Å²) in [4.78, 5) is 79.6. The van der Waals surface area contributed by atoms with Gasteiger partial charge in [0.15, 0.2) is 0 Å². The van der Waals surface area contributed by atoms with Crippen LogP contribution in [0.15, 0.2) is 251 Å². The van der Waals surface area contributed by atoms with Gasteiger partial charge in [0, 0.05) is 139 Å². The number of pyridine rings is 8. The van der Waals surface area contributed by atoms with Crippen molar-refractivity contribution < 1.29 is 36.7 Å². The molecule has 0 spiro atoms. The Morgan fingerprint density at radius 2 is 0.744 bits per heavy atom. The molecule has 0 aliphatic carbocycles. The fraction of sp³-hybridized carbons (Fsp3) is 0.211. The van der Waals surface area contributed by atoms with Crippen LogP contribution in [0.4, 0.5) is 17.6 Å². The van der Waals surface area contributed by atoms with Gasteiger partial charge in [-0.3, -0.25) is 52.4 Å². The molecule has 0 atom stereocenters. The number of nitrogens with one attached hydrogen (secondary N) is 3. The van der Waals surface area contributed by atoms with Crippen LogP contribution in [-0.2, 0) is 4.74 Å². The number of amides is 3. The number of hydrogen-bond acceptors (Lipinski definition) is 15. The molecule has 0 saturated carbocycles. The Kier molecular flexibility index (Phi) is 26.8. The van der Waals surface area contributed by atoms with Gasteiger partial charge < -0.3 is 34.9 Å². The van der Waals surface area contributed by atoms with E-state index in [1.165, 1.54) is 24.3 Å². The van der Waals surface area contributed by atoms with Crippen LogP contribution in [-0.4, -0.2) is 184 Å². The van der Waals surface area contributed by atoms with Gasteiger partial charge in [-0.1, -0.05) is 30.3 Å². The molecule has 0 unspecified atom stereocenters. The molecule has 4 aromatic carbocycles. The lowest BCUT2D eigenvalue weighted by Gasteiger charge is -2.26. The maximum Gasteiger partial charge on any atom is 0.287 e. The Morgan fingerprint density at radius 3 is 1.12 bits per heavy atom. The van der Waals surface area contributed by atoms with Gasteiger partial charge in [-0.2, -0.15) is 0 Å². The van der Waals surface area contributed by atoms with Crippen LogP contribution in [0, 0.1) is 51.0 Å². The molecule has 0 bridgehead atoms.